The Balaban J connectivity index is 1.15. The van der Waals surface area contributed by atoms with Gasteiger partial charge in [0.05, 0.1) is 12.6 Å². The van der Waals surface area contributed by atoms with Crippen LogP contribution in [0.25, 0.3) is 32.9 Å². The molecule has 0 radical (unpaired) electrons. The number of aromatic hydroxyl groups is 1. The van der Waals surface area contributed by atoms with Crippen LogP contribution in [0.4, 0.5) is 23.4 Å². The number of phenols is 1. The van der Waals surface area contributed by atoms with Crippen LogP contribution < -0.4 is 19.7 Å². The molecule has 0 spiro atoms. The summed E-state index contributed by atoms with van der Waals surface area (Å²) in [4.78, 5) is 18.9. The number of fused-ring (bicyclic) bond motifs is 6. The van der Waals surface area contributed by atoms with E-state index in [4.69, 9.17) is 24.4 Å². The summed E-state index contributed by atoms with van der Waals surface area (Å²) in [6.07, 6.45) is 3.74. The Morgan fingerprint density at radius 2 is 1.92 bits per heavy atom. The monoisotopic (exact) mass is 718 g/mol. The lowest BCUT2D eigenvalue weighted by molar-refractivity contribution is 0.153. The second kappa shape index (κ2) is 12.7. The average Bonchev–Trinajstić information content (AvgIpc) is 3.87. The molecular weight excluding hydrogens is 676 g/mol. The van der Waals surface area contributed by atoms with Crippen LogP contribution in [0.3, 0.4) is 0 Å². The molecule has 2 aromatic carbocycles. The maximum absolute atomic E-state index is 17.3. The molecule has 3 saturated heterocycles. The number of aromatic nitrogens is 3. The van der Waals surface area contributed by atoms with Gasteiger partial charge in [-0.05, 0) is 105 Å². The van der Waals surface area contributed by atoms with Gasteiger partial charge in [0.15, 0.2) is 5.82 Å². The number of nitrogens with zero attached hydrogens (tertiary/aromatic N) is 5. The zero-order valence-corrected chi connectivity index (χ0v) is 29.3. The number of nitrogens with one attached hydrogen (secondary N) is 1. The SMILES string of the molecule is CCc1c(F)ccc2cc(O)cc(-c3nc4c5c(nc(OCC6(CN7CCCC(=C(F)F)CC7)CC6)nc5c3F)N3C[C@H]5CC[C@H](N5)[C@H]3[C@H](C)O4)c12. The first-order chi connectivity index (χ1) is 25.1. The fourth-order valence-corrected chi connectivity index (χ4v) is 9.18. The Hall–Kier alpha value is -4.23. The van der Waals surface area contributed by atoms with Gasteiger partial charge >= 0.3 is 6.01 Å². The van der Waals surface area contributed by atoms with Crippen molar-refractivity contribution in [2.75, 3.05) is 37.7 Å². The van der Waals surface area contributed by atoms with Crippen molar-refractivity contribution in [2.24, 2.45) is 5.41 Å². The number of phenolic OH excluding ortho intramolecular Hbond substituents is 1. The standard InChI is InChI=1S/C39H42F4N6O3/c1-3-25-27(40)8-6-22-15-24(50)16-26(29(22)25)32-31(41)33-30-36(49-17-23-7-9-28(44-23)34(49)20(2)52-37(30)45-32)47-38(46-33)51-19-39(11-12-39)18-48-13-4-5-21(10-14-48)35(42)43/h6,8,15-16,20,23,28,34,44,50H,3-5,7,9-14,17-19H2,1-2H3/t20-,23+,28-,34+/m0/s1. The summed E-state index contributed by atoms with van der Waals surface area (Å²) in [5.41, 5.74) is 0.585. The predicted molar refractivity (Wildman–Crippen MR) is 189 cm³/mol. The average molecular weight is 719 g/mol. The van der Waals surface area contributed by atoms with Crippen molar-refractivity contribution in [2.45, 2.75) is 89.4 Å². The highest BCUT2D eigenvalue weighted by Gasteiger charge is 2.48. The summed E-state index contributed by atoms with van der Waals surface area (Å²) in [5, 5.41) is 15.9. The van der Waals surface area contributed by atoms with Gasteiger partial charge in [0.25, 0.3) is 6.08 Å². The van der Waals surface area contributed by atoms with E-state index in [9.17, 15) is 13.9 Å². The molecule has 0 amide bonds. The molecule has 13 heteroatoms. The Morgan fingerprint density at radius 3 is 2.71 bits per heavy atom. The number of hydrogen-bond donors (Lipinski definition) is 2. The lowest BCUT2D eigenvalue weighted by Gasteiger charge is -2.42. The largest absolute Gasteiger partial charge is 0.508 e. The van der Waals surface area contributed by atoms with Gasteiger partial charge in [-0.15, -0.1) is 0 Å². The normalized spacial score (nSPS) is 25.1. The molecule has 2 N–H and O–H groups in total. The third-order valence-electron chi connectivity index (χ3n) is 12.0. The number of likely N-dealkylation sites (tertiary alicyclic amines) is 1. The molecule has 9 nitrogen and oxygen atoms in total. The molecular formula is C39H42F4N6O3. The highest BCUT2D eigenvalue weighted by Crippen LogP contribution is 2.49. The number of anilines is 1. The van der Waals surface area contributed by atoms with E-state index in [1.54, 1.807) is 6.07 Å². The molecule has 274 valence electrons. The van der Waals surface area contributed by atoms with Crippen molar-refractivity contribution in [3.05, 3.63) is 53.1 Å². The van der Waals surface area contributed by atoms with Gasteiger partial charge in [0.2, 0.25) is 5.88 Å². The van der Waals surface area contributed by atoms with E-state index in [1.165, 1.54) is 18.2 Å². The molecule has 4 atom stereocenters. The van der Waals surface area contributed by atoms with Crippen molar-refractivity contribution in [1.82, 2.24) is 25.2 Å². The van der Waals surface area contributed by atoms with Gasteiger partial charge < -0.3 is 29.7 Å². The summed E-state index contributed by atoms with van der Waals surface area (Å²) in [7, 11) is 0. The molecule has 5 aliphatic rings. The maximum atomic E-state index is 17.3. The summed E-state index contributed by atoms with van der Waals surface area (Å²) in [5.74, 6) is -0.591. The van der Waals surface area contributed by atoms with E-state index in [2.05, 4.69) is 15.1 Å². The molecule has 1 aliphatic carbocycles. The van der Waals surface area contributed by atoms with Gasteiger partial charge in [-0.1, -0.05) is 13.0 Å². The first kappa shape index (κ1) is 33.6. The topological polar surface area (TPSA) is 95.9 Å². The van der Waals surface area contributed by atoms with Crippen molar-refractivity contribution in [1.29, 1.82) is 0 Å². The minimum atomic E-state index is -1.55. The minimum Gasteiger partial charge on any atom is -0.508 e. The minimum absolute atomic E-state index is 0.0189. The lowest BCUT2D eigenvalue weighted by atomic mass is 9.94. The predicted octanol–water partition coefficient (Wildman–Crippen LogP) is 7.28. The van der Waals surface area contributed by atoms with Gasteiger partial charge in [-0.3, -0.25) is 0 Å². The van der Waals surface area contributed by atoms with Crippen LogP contribution in [0.5, 0.6) is 17.6 Å². The van der Waals surface area contributed by atoms with E-state index in [0.717, 1.165) is 38.8 Å². The molecule has 1 saturated carbocycles. The molecule has 2 bridgehead atoms. The van der Waals surface area contributed by atoms with Gasteiger partial charge in [-0.2, -0.15) is 18.7 Å². The third-order valence-corrected chi connectivity index (χ3v) is 12.0. The molecule has 4 aliphatic heterocycles. The van der Waals surface area contributed by atoms with Crippen LogP contribution in [-0.2, 0) is 6.42 Å². The molecule has 4 aromatic rings. The Labute approximate surface area is 299 Å². The highest BCUT2D eigenvalue weighted by molar-refractivity contribution is 6.03. The number of pyridine rings is 1. The zero-order chi connectivity index (χ0) is 35.9. The van der Waals surface area contributed by atoms with E-state index in [0.29, 0.717) is 72.9 Å². The molecule has 0 unspecified atom stereocenters. The number of aryl methyl sites for hydroxylation is 1. The number of rotatable bonds is 7. The van der Waals surface area contributed by atoms with Crippen LogP contribution in [0.15, 0.2) is 35.9 Å². The molecule has 6 heterocycles. The molecule has 2 aromatic heterocycles. The van der Waals surface area contributed by atoms with E-state index in [-0.39, 0.29) is 69.6 Å². The second-order valence-corrected chi connectivity index (χ2v) is 15.4. The summed E-state index contributed by atoms with van der Waals surface area (Å²) in [6, 6.07) is 6.17. The Morgan fingerprint density at radius 1 is 1.08 bits per heavy atom. The summed E-state index contributed by atoms with van der Waals surface area (Å²) < 4.78 is 72.1. The number of ether oxygens (including phenoxy) is 2. The van der Waals surface area contributed by atoms with Gasteiger partial charge in [-0.25, -0.2) is 13.8 Å². The Bertz CT molecular complexity index is 2120. The number of halogens is 4. The van der Waals surface area contributed by atoms with Crippen molar-refractivity contribution in [3.63, 3.8) is 0 Å². The molecule has 52 heavy (non-hydrogen) atoms. The number of hydrogen-bond acceptors (Lipinski definition) is 9. The lowest BCUT2D eigenvalue weighted by Crippen LogP contribution is -2.62. The van der Waals surface area contributed by atoms with Crippen molar-refractivity contribution < 1.29 is 32.1 Å². The quantitative estimate of drug-likeness (QED) is 0.191. The zero-order valence-electron chi connectivity index (χ0n) is 29.3. The maximum Gasteiger partial charge on any atom is 0.319 e. The van der Waals surface area contributed by atoms with Crippen molar-refractivity contribution in [3.8, 4) is 28.9 Å². The number of piperazine rings is 1. The first-order valence-corrected chi connectivity index (χ1v) is 18.5. The molecule has 4 fully saturated rings. The number of benzene rings is 2. The van der Waals surface area contributed by atoms with E-state index in [1.807, 2.05) is 13.8 Å². The summed E-state index contributed by atoms with van der Waals surface area (Å²) >= 11 is 0. The molecule has 9 rings (SSSR count). The summed E-state index contributed by atoms with van der Waals surface area (Å²) in [6.45, 7) is 6.81. The van der Waals surface area contributed by atoms with Crippen LogP contribution in [0, 0.1) is 17.0 Å². The smallest absolute Gasteiger partial charge is 0.319 e. The second-order valence-electron chi connectivity index (χ2n) is 15.4. The van der Waals surface area contributed by atoms with Gasteiger partial charge in [0, 0.05) is 42.7 Å². The fourth-order valence-electron chi connectivity index (χ4n) is 9.18. The van der Waals surface area contributed by atoms with E-state index < -0.39 is 17.7 Å². The van der Waals surface area contributed by atoms with Crippen molar-refractivity contribution >= 4 is 27.5 Å². The van der Waals surface area contributed by atoms with Crippen LogP contribution in [0.2, 0.25) is 0 Å². The third kappa shape index (κ3) is 5.71. The highest BCUT2D eigenvalue weighted by atomic mass is 19.3. The first-order valence-electron chi connectivity index (χ1n) is 18.5. The van der Waals surface area contributed by atoms with E-state index >= 15 is 8.78 Å². The Kier molecular flexibility index (Phi) is 8.22. The van der Waals surface area contributed by atoms with Crippen LogP contribution in [-0.4, -0.2) is 82.0 Å². The van der Waals surface area contributed by atoms with Crippen LogP contribution in [0.1, 0.15) is 64.4 Å². The fraction of sp³-hybridized carbons (Fsp3) is 0.513. The van der Waals surface area contributed by atoms with Crippen LogP contribution >= 0.6 is 0 Å². The van der Waals surface area contributed by atoms with Gasteiger partial charge in [0.1, 0.15) is 40.1 Å².